The van der Waals surface area contributed by atoms with E-state index < -0.39 is 24.3 Å². The zero-order valence-corrected chi connectivity index (χ0v) is 9.90. The fraction of sp³-hybridized carbons (Fsp3) is 0.375. The second kappa shape index (κ2) is 4.82. The van der Waals surface area contributed by atoms with Gasteiger partial charge in [-0.25, -0.2) is 4.98 Å². The molecule has 102 valence electrons. The number of nitrogen functional groups attached to an aromatic ring is 1. The second-order valence-electron chi connectivity index (χ2n) is 3.11. The molecule has 0 fully saturated rings. The molecule has 0 spiro atoms. The molecular formula is C8H5BrF6N2O. The number of pyridine rings is 1. The van der Waals surface area contributed by atoms with Gasteiger partial charge in [0.15, 0.2) is 0 Å². The highest BCUT2D eigenvalue weighted by atomic mass is 79.9. The highest BCUT2D eigenvalue weighted by Crippen LogP contribution is 2.36. The summed E-state index contributed by atoms with van der Waals surface area (Å²) in [7, 11) is 0. The molecule has 0 atom stereocenters. The third kappa shape index (κ3) is 3.65. The molecule has 0 aromatic carbocycles. The molecule has 1 heterocycles. The lowest BCUT2D eigenvalue weighted by molar-refractivity contribution is -0.300. The first-order valence-electron chi connectivity index (χ1n) is 4.24. The third-order valence-corrected chi connectivity index (χ3v) is 2.32. The Morgan fingerprint density at radius 3 is 2.00 bits per heavy atom. The summed E-state index contributed by atoms with van der Waals surface area (Å²) in [5.74, 6) is -0.837. The van der Waals surface area contributed by atoms with Crippen LogP contribution in [0.3, 0.4) is 0 Å². The average Bonchev–Trinajstić information content (AvgIpc) is 2.16. The summed E-state index contributed by atoms with van der Waals surface area (Å²) in [6.45, 7) is 0. The molecule has 1 rings (SSSR count). The van der Waals surface area contributed by atoms with E-state index in [-0.39, 0.29) is 10.3 Å². The summed E-state index contributed by atoms with van der Waals surface area (Å²) in [6, 6.07) is 1.88. The van der Waals surface area contributed by atoms with E-state index >= 15 is 0 Å². The highest BCUT2D eigenvalue weighted by Gasteiger charge is 2.59. The first-order valence-corrected chi connectivity index (χ1v) is 5.03. The lowest BCUT2D eigenvalue weighted by Crippen LogP contribution is -2.46. The zero-order valence-electron chi connectivity index (χ0n) is 8.31. The molecule has 3 nitrogen and oxygen atoms in total. The molecule has 0 aliphatic carbocycles. The van der Waals surface area contributed by atoms with E-state index in [9.17, 15) is 26.3 Å². The largest absolute Gasteiger partial charge is 0.455 e. The van der Waals surface area contributed by atoms with Crippen LogP contribution in [-0.4, -0.2) is 23.4 Å². The van der Waals surface area contributed by atoms with Crippen LogP contribution in [0.1, 0.15) is 0 Å². The number of anilines is 1. The minimum atomic E-state index is -5.59. The third-order valence-electron chi connectivity index (χ3n) is 1.69. The number of alkyl halides is 6. The Morgan fingerprint density at radius 2 is 1.61 bits per heavy atom. The standard InChI is InChI=1S/C8H5BrF6N2O/c9-5-3(16)1-2-4(17-5)18-6(7(10,11)12)8(13,14)15/h1-2,6H,16H2. The van der Waals surface area contributed by atoms with E-state index in [0.717, 1.165) is 12.1 Å². The maximum Gasteiger partial charge on any atom is 0.434 e. The van der Waals surface area contributed by atoms with E-state index in [0.29, 0.717) is 0 Å². The smallest absolute Gasteiger partial charge is 0.434 e. The fourth-order valence-electron chi connectivity index (χ4n) is 0.934. The van der Waals surface area contributed by atoms with Gasteiger partial charge in [-0.3, -0.25) is 0 Å². The number of rotatable bonds is 2. The number of nitrogens with two attached hydrogens (primary N) is 1. The molecule has 0 bridgehead atoms. The SMILES string of the molecule is Nc1ccc(OC(C(F)(F)F)C(F)(F)F)nc1Br. The minimum Gasteiger partial charge on any atom is -0.455 e. The molecule has 0 saturated heterocycles. The van der Waals surface area contributed by atoms with Crippen molar-refractivity contribution in [1.82, 2.24) is 4.98 Å². The average molecular weight is 339 g/mol. The summed E-state index contributed by atoms with van der Waals surface area (Å²) in [6.07, 6.45) is -15.1. The van der Waals surface area contributed by atoms with Crippen LogP contribution in [0.4, 0.5) is 32.0 Å². The molecular weight excluding hydrogens is 334 g/mol. The van der Waals surface area contributed by atoms with Gasteiger partial charge in [-0.05, 0) is 22.0 Å². The van der Waals surface area contributed by atoms with Crippen LogP contribution in [0.25, 0.3) is 0 Å². The molecule has 1 aromatic heterocycles. The van der Waals surface area contributed by atoms with Gasteiger partial charge in [0.25, 0.3) is 6.10 Å². The quantitative estimate of drug-likeness (QED) is 0.664. The maximum absolute atomic E-state index is 12.2. The van der Waals surface area contributed by atoms with E-state index in [2.05, 4.69) is 25.7 Å². The van der Waals surface area contributed by atoms with Gasteiger partial charge in [-0.15, -0.1) is 0 Å². The molecule has 2 N–H and O–H groups in total. The summed E-state index contributed by atoms with van der Waals surface area (Å²) < 4.78 is 76.8. The van der Waals surface area contributed by atoms with Crippen LogP contribution in [0.2, 0.25) is 0 Å². The zero-order chi connectivity index (χ0) is 14.1. The van der Waals surface area contributed by atoms with Crippen molar-refractivity contribution in [2.45, 2.75) is 18.5 Å². The Morgan fingerprint density at radius 1 is 1.11 bits per heavy atom. The Bertz CT molecular complexity index is 419. The molecule has 0 saturated carbocycles. The van der Waals surface area contributed by atoms with Crippen molar-refractivity contribution in [1.29, 1.82) is 0 Å². The number of hydrogen-bond acceptors (Lipinski definition) is 3. The van der Waals surface area contributed by atoms with Gasteiger partial charge < -0.3 is 10.5 Å². The number of nitrogens with zero attached hydrogens (tertiary/aromatic N) is 1. The lowest BCUT2D eigenvalue weighted by Gasteiger charge is -2.23. The van der Waals surface area contributed by atoms with Crippen molar-refractivity contribution in [3.63, 3.8) is 0 Å². The highest BCUT2D eigenvalue weighted by molar-refractivity contribution is 9.10. The van der Waals surface area contributed by atoms with Gasteiger partial charge in [0.1, 0.15) is 4.60 Å². The van der Waals surface area contributed by atoms with Gasteiger partial charge in [-0.1, -0.05) is 0 Å². The minimum absolute atomic E-state index is 0.0536. The predicted octanol–water partition coefficient (Wildman–Crippen LogP) is 3.30. The Hall–Kier alpha value is -1.19. The van der Waals surface area contributed by atoms with Crippen LogP contribution in [0, 0.1) is 0 Å². The van der Waals surface area contributed by atoms with E-state index in [4.69, 9.17) is 5.73 Å². The van der Waals surface area contributed by atoms with Crippen LogP contribution in [-0.2, 0) is 0 Å². The first-order chi connectivity index (χ1) is 8.01. The van der Waals surface area contributed by atoms with Crippen LogP contribution < -0.4 is 10.5 Å². The van der Waals surface area contributed by atoms with Gasteiger partial charge >= 0.3 is 12.4 Å². The van der Waals surface area contributed by atoms with Crippen LogP contribution in [0.5, 0.6) is 5.88 Å². The Kier molecular flexibility index (Phi) is 3.99. The van der Waals surface area contributed by atoms with Crippen molar-refractivity contribution in [3.8, 4) is 5.88 Å². The van der Waals surface area contributed by atoms with E-state index in [1.807, 2.05) is 0 Å². The summed E-state index contributed by atoms with van der Waals surface area (Å²) >= 11 is 2.76. The summed E-state index contributed by atoms with van der Waals surface area (Å²) in [4.78, 5) is 3.31. The van der Waals surface area contributed by atoms with Crippen molar-refractivity contribution < 1.29 is 31.1 Å². The van der Waals surface area contributed by atoms with Crippen LogP contribution in [0.15, 0.2) is 16.7 Å². The predicted molar refractivity (Wildman–Crippen MR) is 52.9 cm³/mol. The van der Waals surface area contributed by atoms with E-state index in [1.165, 1.54) is 0 Å². The molecule has 0 aliphatic heterocycles. The number of aromatic nitrogens is 1. The van der Waals surface area contributed by atoms with Gasteiger partial charge in [0.05, 0.1) is 5.69 Å². The molecule has 18 heavy (non-hydrogen) atoms. The molecule has 0 amide bonds. The lowest BCUT2D eigenvalue weighted by atomic mass is 10.3. The normalized spacial score (nSPS) is 12.9. The van der Waals surface area contributed by atoms with Crippen LogP contribution >= 0.6 is 15.9 Å². The molecule has 1 aromatic rings. The summed E-state index contributed by atoms with van der Waals surface area (Å²) in [5, 5.41) is 0. The fourth-order valence-corrected chi connectivity index (χ4v) is 1.24. The Balaban J connectivity index is 3.01. The van der Waals surface area contributed by atoms with Crippen molar-refractivity contribution in [2.75, 3.05) is 5.73 Å². The first kappa shape index (κ1) is 14.9. The van der Waals surface area contributed by atoms with Crippen molar-refractivity contribution >= 4 is 21.6 Å². The van der Waals surface area contributed by atoms with Gasteiger partial charge in [0, 0.05) is 6.07 Å². The topological polar surface area (TPSA) is 48.1 Å². The second-order valence-corrected chi connectivity index (χ2v) is 3.86. The summed E-state index contributed by atoms with van der Waals surface area (Å²) in [5.41, 5.74) is 5.34. The number of ether oxygens (including phenoxy) is 1. The van der Waals surface area contributed by atoms with Crippen molar-refractivity contribution in [3.05, 3.63) is 16.7 Å². The Labute approximate surface area is 105 Å². The number of halogens is 7. The number of hydrogen-bond donors (Lipinski definition) is 1. The van der Waals surface area contributed by atoms with Gasteiger partial charge in [0.2, 0.25) is 5.88 Å². The molecule has 0 radical (unpaired) electrons. The van der Waals surface area contributed by atoms with Crippen molar-refractivity contribution in [2.24, 2.45) is 0 Å². The molecule has 0 aliphatic rings. The monoisotopic (exact) mass is 338 g/mol. The molecule has 0 unspecified atom stereocenters. The van der Waals surface area contributed by atoms with E-state index in [1.54, 1.807) is 0 Å². The van der Waals surface area contributed by atoms with Gasteiger partial charge in [-0.2, -0.15) is 26.3 Å². The molecule has 10 heteroatoms. The maximum atomic E-state index is 12.2.